The first kappa shape index (κ1) is 19.1. The van der Waals surface area contributed by atoms with Gasteiger partial charge in [0, 0.05) is 0 Å². The van der Waals surface area contributed by atoms with E-state index in [9.17, 15) is 22.0 Å². The molecule has 0 aromatic carbocycles. The molecule has 114 valence electrons. The first-order valence-electron chi connectivity index (χ1n) is 3.63. The molecule has 3 atom stereocenters. The molecule has 0 bridgehead atoms. The number of nitrogens with zero attached hydrogens (tertiary/aromatic N) is 3. The molecule has 0 radical (unpaired) electrons. The Morgan fingerprint density at radius 3 is 2.00 bits per heavy atom. The van der Waals surface area contributed by atoms with Crippen molar-refractivity contribution in [3.05, 3.63) is 0 Å². The number of rotatable bonds is 2. The minimum Gasteiger partial charge on any atom is -0.247 e. The van der Waals surface area contributed by atoms with Gasteiger partial charge in [-0.05, 0) is 46.0 Å². The van der Waals surface area contributed by atoms with Crippen LogP contribution in [0.25, 0.3) is 0 Å². The zero-order chi connectivity index (χ0) is 15.2. The lowest BCUT2D eigenvalue weighted by Crippen LogP contribution is -2.38. The molecule has 0 aromatic rings. The standard InChI is InChI=1S/C2Cl5F5N3OP3/c3-14-17(5)13-19(7,15(4)18(14)6)16-2(11,12)1(8,9)10. The van der Waals surface area contributed by atoms with Crippen molar-refractivity contribution >= 4 is 79.2 Å². The van der Waals surface area contributed by atoms with E-state index in [0.717, 1.165) is 0 Å². The molecule has 19 heavy (non-hydrogen) atoms. The van der Waals surface area contributed by atoms with Crippen molar-refractivity contribution in [2.75, 3.05) is 0 Å². The Hall–Kier alpha value is 2.07. The van der Waals surface area contributed by atoms with Crippen LogP contribution in [0.5, 0.6) is 0 Å². The number of halogens is 10. The first-order valence-corrected chi connectivity index (χ1v) is 11.1. The number of hydrogen-bond acceptors (Lipinski definition) is 4. The van der Waals surface area contributed by atoms with Gasteiger partial charge in [0.05, 0.1) is 0 Å². The van der Waals surface area contributed by atoms with Crippen LogP contribution in [-0.4, -0.2) is 20.2 Å². The van der Waals surface area contributed by atoms with Gasteiger partial charge in [-0.15, -0.1) is 3.96 Å². The summed E-state index contributed by atoms with van der Waals surface area (Å²) in [6.45, 7) is -4.43. The first-order chi connectivity index (χ1) is 8.32. The summed E-state index contributed by atoms with van der Waals surface area (Å²) >= 11 is 27.6. The van der Waals surface area contributed by atoms with Gasteiger partial charge in [-0.25, -0.2) is 4.52 Å². The Balaban J connectivity index is 3.14. The van der Waals surface area contributed by atoms with Crippen molar-refractivity contribution in [1.29, 1.82) is 0 Å². The minimum atomic E-state index is -6.00. The molecule has 1 rings (SSSR count). The van der Waals surface area contributed by atoms with Gasteiger partial charge < -0.3 is 0 Å². The van der Waals surface area contributed by atoms with E-state index in [0.29, 0.717) is 3.96 Å². The van der Waals surface area contributed by atoms with E-state index in [2.05, 4.69) is 9.04 Å². The second-order valence-electron chi connectivity index (χ2n) is 2.63. The largest absolute Gasteiger partial charge is 0.483 e. The molecule has 3 unspecified atom stereocenters. The molecule has 0 saturated carbocycles. The molecule has 4 nitrogen and oxygen atoms in total. The fourth-order valence-electron chi connectivity index (χ4n) is 0.619. The molecule has 1 aliphatic rings. The van der Waals surface area contributed by atoms with Crippen LogP contribution < -0.4 is 0 Å². The summed E-state index contributed by atoms with van der Waals surface area (Å²) in [5.74, 6) is 0. The summed E-state index contributed by atoms with van der Waals surface area (Å²) in [6.07, 6.45) is -11.6. The molecule has 0 spiro atoms. The summed E-state index contributed by atoms with van der Waals surface area (Å²) in [5, 5.41) is 0. The molecule has 0 saturated heterocycles. The third-order valence-corrected chi connectivity index (χ3v) is 14.1. The average Bonchev–Trinajstić information content (AvgIpc) is 2.21. The fourth-order valence-corrected chi connectivity index (χ4v) is 11.8. The minimum absolute atomic E-state index is 0.194. The molecule has 0 aliphatic carbocycles. The summed E-state index contributed by atoms with van der Waals surface area (Å²) in [7, 11) is -4.50. The van der Waals surface area contributed by atoms with Gasteiger partial charge in [0.2, 0.25) is 7.58 Å². The summed E-state index contributed by atoms with van der Waals surface area (Å²) in [5.41, 5.74) is 0. The van der Waals surface area contributed by atoms with Crippen LogP contribution >= 0.6 is 79.2 Å². The van der Waals surface area contributed by atoms with Crippen molar-refractivity contribution in [3.8, 4) is 0 Å². The van der Waals surface area contributed by atoms with E-state index in [4.69, 9.17) is 57.3 Å². The van der Waals surface area contributed by atoms with Crippen molar-refractivity contribution in [2.45, 2.75) is 12.3 Å². The maximum Gasteiger partial charge on any atom is 0.483 e. The van der Waals surface area contributed by atoms with Crippen molar-refractivity contribution in [3.63, 3.8) is 0 Å². The zero-order valence-electron chi connectivity index (χ0n) is 7.87. The second kappa shape index (κ2) is 6.29. The van der Waals surface area contributed by atoms with E-state index in [-0.39, 0.29) is 3.96 Å². The maximum atomic E-state index is 12.8. The van der Waals surface area contributed by atoms with Crippen LogP contribution in [0.4, 0.5) is 22.0 Å². The molecule has 0 N–H and O–H groups in total. The van der Waals surface area contributed by atoms with E-state index >= 15 is 0 Å². The molecule has 17 heteroatoms. The van der Waals surface area contributed by atoms with Crippen LogP contribution in [0.2, 0.25) is 0 Å². The molecule has 0 aromatic heterocycles. The highest BCUT2D eigenvalue weighted by atomic mass is 35.7. The van der Waals surface area contributed by atoms with E-state index in [1.165, 1.54) is 0 Å². The summed E-state index contributed by atoms with van der Waals surface area (Å²) in [6, 6.07) is 0. The van der Waals surface area contributed by atoms with Gasteiger partial charge in [0.15, 0.2) is 7.58 Å². The highest BCUT2D eigenvalue weighted by molar-refractivity contribution is 8.06. The highest BCUT2D eigenvalue weighted by Crippen LogP contribution is 2.85. The third-order valence-electron chi connectivity index (χ3n) is 1.36. The Kier molecular flexibility index (Phi) is 6.33. The second-order valence-corrected chi connectivity index (χ2v) is 12.4. The monoisotopic (exact) mass is 445 g/mol. The lowest BCUT2D eigenvalue weighted by atomic mass is 10.6. The van der Waals surface area contributed by atoms with Crippen molar-refractivity contribution < 1.29 is 26.5 Å². The van der Waals surface area contributed by atoms with Gasteiger partial charge in [-0.2, -0.15) is 26.5 Å². The topological polar surface area (TPSA) is 28.1 Å². The Bertz CT molecular complexity index is 410. The maximum absolute atomic E-state index is 12.8. The van der Waals surface area contributed by atoms with Crippen LogP contribution in [0.3, 0.4) is 0 Å². The van der Waals surface area contributed by atoms with Gasteiger partial charge in [-0.3, -0.25) is 0 Å². The number of hydrogen-bond donors (Lipinski definition) is 0. The SMILES string of the molecule is FC(F)(F)C(F)(F)OP1(Cl)=NP(Cl)N(Cl)P(Cl)N1Cl. The lowest BCUT2D eigenvalue weighted by Gasteiger charge is -2.37. The Labute approximate surface area is 130 Å². The fraction of sp³-hybridized carbons (Fsp3) is 1.00. The molecular weight excluding hydrogens is 447 g/mol. The molecule has 0 fully saturated rings. The average molecular weight is 447 g/mol. The predicted molar refractivity (Wildman–Crippen MR) is 68.2 cm³/mol. The molecule has 0 amide bonds. The molecule has 1 aliphatic heterocycles. The van der Waals surface area contributed by atoms with Gasteiger partial charge >= 0.3 is 12.3 Å². The predicted octanol–water partition coefficient (Wildman–Crippen LogP) is 7.20. The van der Waals surface area contributed by atoms with Gasteiger partial charge in [-0.1, -0.05) is 15.2 Å². The quantitative estimate of drug-likeness (QED) is 0.255. The highest BCUT2D eigenvalue weighted by Gasteiger charge is 2.63. The van der Waals surface area contributed by atoms with Gasteiger partial charge in [0.1, 0.15) is 0 Å². The summed E-state index contributed by atoms with van der Waals surface area (Å²) < 4.78 is 69.4. The van der Waals surface area contributed by atoms with E-state index in [1.54, 1.807) is 0 Å². The normalized spacial score (nSPS) is 35.3. The Morgan fingerprint density at radius 1 is 1.11 bits per heavy atom. The Morgan fingerprint density at radius 2 is 1.58 bits per heavy atom. The third kappa shape index (κ3) is 4.08. The zero-order valence-corrected chi connectivity index (χ0v) is 14.3. The number of alkyl halides is 5. The van der Waals surface area contributed by atoms with Crippen molar-refractivity contribution in [1.82, 2.24) is 7.92 Å². The van der Waals surface area contributed by atoms with Crippen molar-refractivity contribution in [2.24, 2.45) is 4.52 Å². The smallest absolute Gasteiger partial charge is 0.247 e. The summed E-state index contributed by atoms with van der Waals surface area (Å²) in [4.78, 5) is 0. The molecule has 1 heterocycles. The van der Waals surface area contributed by atoms with Crippen LogP contribution in [0.15, 0.2) is 4.52 Å². The molecular formula is C2Cl5F5N3OP3. The van der Waals surface area contributed by atoms with Crippen LogP contribution in [-0.2, 0) is 4.52 Å². The van der Waals surface area contributed by atoms with Crippen LogP contribution in [0, 0.1) is 0 Å². The van der Waals surface area contributed by atoms with Gasteiger partial charge in [0.25, 0.3) is 6.78 Å². The van der Waals surface area contributed by atoms with E-state index in [1.807, 2.05) is 0 Å². The van der Waals surface area contributed by atoms with E-state index < -0.39 is 34.2 Å². The van der Waals surface area contributed by atoms with Crippen LogP contribution in [0.1, 0.15) is 0 Å². The lowest BCUT2D eigenvalue weighted by molar-refractivity contribution is -0.359.